The van der Waals surface area contributed by atoms with Crippen molar-refractivity contribution in [3.8, 4) is 5.88 Å². The number of carboxylic acid groups (broad SMARTS) is 1. The molecule has 0 aliphatic carbocycles. The van der Waals surface area contributed by atoms with E-state index in [0.29, 0.717) is 17.3 Å². The molecule has 0 bridgehead atoms. The summed E-state index contributed by atoms with van der Waals surface area (Å²) in [6.07, 6.45) is 0.547. The van der Waals surface area contributed by atoms with Gasteiger partial charge in [-0.2, -0.15) is 4.98 Å². The molecule has 118 valence electrons. The van der Waals surface area contributed by atoms with E-state index < -0.39 is 21.5 Å². The van der Waals surface area contributed by atoms with Crippen molar-refractivity contribution in [1.82, 2.24) is 9.97 Å². The van der Waals surface area contributed by atoms with Gasteiger partial charge in [0.05, 0.1) is 5.69 Å². The first-order valence-electron chi connectivity index (χ1n) is 6.95. The smallest absolute Gasteiger partial charge is 0.343 e. The van der Waals surface area contributed by atoms with Gasteiger partial charge < -0.3 is 9.53 Å². The summed E-state index contributed by atoms with van der Waals surface area (Å²) in [7, 11) is -3.40. The van der Waals surface area contributed by atoms with E-state index in [9.17, 15) is 9.90 Å². The van der Waals surface area contributed by atoms with Crippen LogP contribution in [0.4, 0.5) is 0 Å². The zero-order chi connectivity index (χ0) is 16.4. The number of aryl methyl sites for hydroxylation is 1. The van der Waals surface area contributed by atoms with Gasteiger partial charge in [-0.15, -0.1) is 11.2 Å². The standard InChI is InChI=1S/C13H24N2O3SSi2/c1-8-9-10(12(16)17)11(18-20(2,3)4)15-13(14-9)19-21(5,6)7/h8H2,1-7H3,(H,16,17). The van der Waals surface area contributed by atoms with Crippen molar-refractivity contribution in [3.63, 3.8) is 0 Å². The van der Waals surface area contributed by atoms with E-state index in [1.165, 1.54) is 0 Å². The maximum Gasteiger partial charge on any atom is 0.343 e. The zero-order valence-electron chi connectivity index (χ0n) is 13.8. The monoisotopic (exact) mass is 344 g/mol. The number of nitrogens with zero attached hydrogens (tertiary/aromatic N) is 2. The molecule has 0 atom stereocenters. The highest BCUT2D eigenvalue weighted by Crippen LogP contribution is 2.31. The summed E-state index contributed by atoms with van der Waals surface area (Å²) in [5.74, 6) is -0.793. The third-order valence-electron chi connectivity index (χ3n) is 2.28. The van der Waals surface area contributed by atoms with Gasteiger partial charge >= 0.3 is 5.97 Å². The predicted octanol–water partition coefficient (Wildman–Crippen LogP) is 3.88. The first-order chi connectivity index (χ1) is 9.43. The van der Waals surface area contributed by atoms with Gasteiger partial charge in [-0.05, 0) is 26.1 Å². The first kappa shape index (κ1) is 18.2. The Morgan fingerprint density at radius 2 is 1.76 bits per heavy atom. The maximum absolute atomic E-state index is 11.5. The summed E-state index contributed by atoms with van der Waals surface area (Å²) in [6, 6.07) is 0. The number of hydrogen-bond donors (Lipinski definition) is 1. The molecular formula is C13H24N2O3SSi2. The minimum Gasteiger partial charge on any atom is -0.531 e. The number of carboxylic acids is 1. The Kier molecular flexibility index (Phi) is 5.62. The fourth-order valence-corrected chi connectivity index (χ4v) is 5.09. The molecule has 0 aliphatic rings. The summed E-state index contributed by atoms with van der Waals surface area (Å²) >= 11 is 1.65. The van der Waals surface area contributed by atoms with Gasteiger partial charge in [0.25, 0.3) is 0 Å². The molecule has 1 N–H and O–H groups in total. The highest BCUT2D eigenvalue weighted by atomic mass is 32.4. The summed E-state index contributed by atoms with van der Waals surface area (Å²) in [5, 5.41) is 10.1. The summed E-state index contributed by atoms with van der Waals surface area (Å²) in [6.45, 7) is 14.5. The van der Waals surface area contributed by atoms with Crippen LogP contribution in [0.25, 0.3) is 0 Å². The molecular weight excluding hydrogens is 320 g/mol. The van der Waals surface area contributed by atoms with E-state index in [0.717, 1.165) is 0 Å². The average molecular weight is 345 g/mol. The van der Waals surface area contributed by atoms with Crippen LogP contribution < -0.4 is 4.43 Å². The normalized spacial score (nSPS) is 12.3. The second-order valence-electron chi connectivity index (χ2n) is 6.72. The molecule has 1 rings (SSSR count). The van der Waals surface area contributed by atoms with Crippen LogP contribution >= 0.6 is 11.2 Å². The van der Waals surface area contributed by atoms with Crippen LogP contribution in [0.15, 0.2) is 5.16 Å². The summed E-state index contributed by atoms with van der Waals surface area (Å²) < 4.78 is 5.90. The van der Waals surface area contributed by atoms with Crippen LogP contribution in [0, 0.1) is 0 Å². The molecule has 0 amide bonds. The van der Waals surface area contributed by atoms with Crippen LogP contribution in [-0.4, -0.2) is 36.6 Å². The SMILES string of the molecule is CCc1nc(S[Si](C)(C)C)nc(O[Si](C)(C)C)c1C(=O)O. The number of aromatic carboxylic acids is 1. The van der Waals surface area contributed by atoms with Crippen LogP contribution in [0.3, 0.4) is 0 Å². The lowest BCUT2D eigenvalue weighted by Gasteiger charge is -2.22. The molecule has 0 saturated heterocycles. The molecule has 21 heavy (non-hydrogen) atoms. The van der Waals surface area contributed by atoms with Gasteiger partial charge in [0.1, 0.15) is 12.8 Å². The molecule has 0 radical (unpaired) electrons. The number of aromatic nitrogens is 2. The van der Waals surface area contributed by atoms with Crippen molar-refractivity contribution in [2.45, 2.75) is 57.8 Å². The van der Waals surface area contributed by atoms with Crippen molar-refractivity contribution in [2.75, 3.05) is 0 Å². The lowest BCUT2D eigenvalue weighted by atomic mass is 10.2. The van der Waals surface area contributed by atoms with Gasteiger partial charge in [-0.3, -0.25) is 0 Å². The molecule has 1 aromatic heterocycles. The minimum absolute atomic E-state index is 0.111. The van der Waals surface area contributed by atoms with Crippen LogP contribution in [0.2, 0.25) is 39.3 Å². The van der Waals surface area contributed by atoms with Gasteiger partial charge in [0.15, 0.2) is 5.16 Å². The molecule has 5 nitrogen and oxygen atoms in total. The summed E-state index contributed by atoms with van der Waals surface area (Å²) in [5.41, 5.74) is 0.659. The third kappa shape index (κ3) is 5.79. The topological polar surface area (TPSA) is 72.3 Å². The molecule has 0 fully saturated rings. The fraction of sp³-hybridized carbons (Fsp3) is 0.615. The Bertz CT molecular complexity index is 539. The van der Waals surface area contributed by atoms with E-state index in [1.807, 2.05) is 26.6 Å². The second-order valence-corrected chi connectivity index (χ2v) is 20.2. The Labute approximate surface area is 132 Å². The Morgan fingerprint density at radius 1 is 1.19 bits per heavy atom. The van der Waals surface area contributed by atoms with Crippen molar-refractivity contribution >= 4 is 32.7 Å². The van der Waals surface area contributed by atoms with Gasteiger partial charge in [-0.25, -0.2) is 9.78 Å². The molecule has 8 heteroatoms. The van der Waals surface area contributed by atoms with E-state index in [1.54, 1.807) is 11.2 Å². The van der Waals surface area contributed by atoms with Crippen LogP contribution in [0.5, 0.6) is 5.88 Å². The second kappa shape index (κ2) is 6.49. The molecule has 0 saturated carbocycles. The van der Waals surface area contributed by atoms with Gasteiger partial charge in [0.2, 0.25) is 14.2 Å². The van der Waals surface area contributed by atoms with E-state index in [-0.39, 0.29) is 11.4 Å². The van der Waals surface area contributed by atoms with Crippen molar-refractivity contribution < 1.29 is 14.3 Å². The lowest BCUT2D eigenvalue weighted by molar-refractivity contribution is 0.0692. The molecule has 1 aromatic rings. The summed E-state index contributed by atoms with van der Waals surface area (Å²) in [4.78, 5) is 20.4. The molecule has 0 aliphatic heterocycles. The molecule has 0 spiro atoms. The zero-order valence-corrected chi connectivity index (χ0v) is 16.6. The van der Waals surface area contributed by atoms with E-state index in [4.69, 9.17) is 4.43 Å². The highest BCUT2D eigenvalue weighted by Gasteiger charge is 2.27. The Morgan fingerprint density at radius 3 is 2.14 bits per heavy atom. The van der Waals surface area contributed by atoms with Crippen molar-refractivity contribution in [3.05, 3.63) is 11.3 Å². The van der Waals surface area contributed by atoms with Crippen LogP contribution in [0.1, 0.15) is 23.0 Å². The highest BCUT2D eigenvalue weighted by molar-refractivity contribution is 8.28. The number of hydrogen-bond acceptors (Lipinski definition) is 5. The number of rotatable bonds is 6. The number of carbonyl (C=O) groups is 1. The van der Waals surface area contributed by atoms with Crippen molar-refractivity contribution in [2.24, 2.45) is 0 Å². The Hall–Kier alpha value is -0.866. The van der Waals surface area contributed by atoms with Gasteiger partial charge in [0, 0.05) is 0 Å². The predicted molar refractivity (Wildman–Crippen MR) is 91.5 cm³/mol. The minimum atomic E-state index is -1.94. The Balaban J connectivity index is 3.41. The van der Waals surface area contributed by atoms with E-state index in [2.05, 4.69) is 29.6 Å². The molecule has 1 heterocycles. The van der Waals surface area contributed by atoms with Crippen LogP contribution in [-0.2, 0) is 6.42 Å². The largest absolute Gasteiger partial charge is 0.531 e. The quantitative estimate of drug-likeness (QED) is 0.624. The fourth-order valence-electron chi connectivity index (χ4n) is 1.62. The molecule has 0 aromatic carbocycles. The van der Waals surface area contributed by atoms with Gasteiger partial charge in [-0.1, -0.05) is 26.6 Å². The third-order valence-corrected chi connectivity index (χ3v) is 6.45. The average Bonchev–Trinajstić information content (AvgIpc) is 2.22. The lowest BCUT2D eigenvalue weighted by Crippen LogP contribution is -2.31. The van der Waals surface area contributed by atoms with Crippen molar-refractivity contribution in [1.29, 1.82) is 0 Å². The first-order valence-corrected chi connectivity index (χ1v) is 15.4. The maximum atomic E-state index is 11.5. The van der Waals surface area contributed by atoms with E-state index >= 15 is 0 Å². The molecule has 0 unspecified atom stereocenters.